The van der Waals surface area contributed by atoms with E-state index in [-0.39, 0.29) is 5.78 Å². The van der Waals surface area contributed by atoms with Crippen molar-refractivity contribution in [3.8, 4) is 0 Å². The molecule has 1 aliphatic heterocycles. The fourth-order valence-electron chi connectivity index (χ4n) is 2.08. The third-order valence-corrected chi connectivity index (χ3v) is 3.32. The van der Waals surface area contributed by atoms with Crippen molar-refractivity contribution in [2.24, 2.45) is 0 Å². The molecule has 1 aromatic rings. The van der Waals surface area contributed by atoms with E-state index < -0.39 is 0 Å². The summed E-state index contributed by atoms with van der Waals surface area (Å²) in [7, 11) is 1.58. The molecule has 0 bridgehead atoms. The van der Waals surface area contributed by atoms with Gasteiger partial charge in [-0.1, -0.05) is 25.1 Å². The lowest BCUT2D eigenvalue weighted by Gasteiger charge is -2.19. The van der Waals surface area contributed by atoms with Crippen LogP contribution in [0.1, 0.15) is 29.3 Å². The van der Waals surface area contributed by atoms with Crippen molar-refractivity contribution in [3.63, 3.8) is 0 Å². The van der Waals surface area contributed by atoms with Crippen LogP contribution in [-0.2, 0) is 4.74 Å². The van der Waals surface area contributed by atoms with Crippen molar-refractivity contribution in [2.45, 2.75) is 13.3 Å². The van der Waals surface area contributed by atoms with Crippen LogP contribution >= 0.6 is 11.6 Å². The summed E-state index contributed by atoms with van der Waals surface area (Å²) in [5, 5.41) is 3.56. The number of nitrogens with one attached hydrogen (secondary N) is 1. The first-order chi connectivity index (χ1) is 9.56. The largest absolute Gasteiger partial charge is 0.495 e. The van der Waals surface area contributed by atoms with Crippen molar-refractivity contribution in [2.75, 3.05) is 7.11 Å². The summed E-state index contributed by atoms with van der Waals surface area (Å²) in [6.45, 7) is 5.71. The molecule has 0 aliphatic carbocycles. The van der Waals surface area contributed by atoms with Crippen molar-refractivity contribution in [1.29, 1.82) is 0 Å². The van der Waals surface area contributed by atoms with Gasteiger partial charge in [0.1, 0.15) is 5.76 Å². The van der Waals surface area contributed by atoms with Gasteiger partial charge in [-0.15, -0.1) is 0 Å². The van der Waals surface area contributed by atoms with Gasteiger partial charge in [-0.25, -0.2) is 0 Å². The van der Waals surface area contributed by atoms with E-state index in [9.17, 15) is 4.79 Å². The number of allylic oxidation sites excluding steroid dienone is 2. The summed E-state index contributed by atoms with van der Waals surface area (Å²) in [4.78, 5) is 12.1. The number of ether oxygens (including phenoxy) is 1. The van der Waals surface area contributed by atoms with E-state index in [0.29, 0.717) is 22.8 Å². The molecule has 0 spiro atoms. The zero-order valence-electron chi connectivity index (χ0n) is 11.5. The molecule has 3 nitrogen and oxygen atoms in total. The highest BCUT2D eigenvalue weighted by molar-refractivity contribution is 6.31. The fourth-order valence-corrected chi connectivity index (χ4v) is 2.25. The molecule has 2 rings (SSSR count). The molecule has 20 heavy (non-hydrogen) atoms. The highest BCUT2D eigenvalue weighted by Gasteiger charge is 2.19. The Labute approximate surface area is 123 Å². The van der Waals surface area contributed by atoms with E-state index in [2.05, 4.69) is 11.9 Å². The predicted octanol–water partition coefficient (Wildman–Crippen LogP) is 3.92. The number of Topliss-reactive ketones (excluding diaryl/α,β-unsaturated/α-hetero) is 1. The topological polar surface area (TPSA) is 38.3 Å². The number of carbonyl (C=O) groups excluding carboxylic acids is 1. The first kappa shape index (κ1) is 14.4. The SMILES string of the molecule is C=C1C=C(c2cc(Cl)ccc2C(=O)CC)C(OC)=CN1. The first-order valence-corrected chi connectivity index (χ1v) is 6.69. The number of hydrogen-bond acceptors (Lipinski definition) is 3. The minimum absolute atomic E-state index is 0.0668. The maximum Gasteiger partial charge on any atom is 0.163 e. The molecule has 0 fully saturated rings. The van der Waals surface area contributed by atoms with E-state index in [1.165, 1.54) is 0 Å². The van der Waals surface area contributed by atoms with Crippen LogP contribution in [0.25, 0.3) is 5.57 Å². The van der Waals surface area contributed by atoms with Crippen LogP contribution < -0.4 is 5.32 Å². The minimum Gasteiger partial charge on any atom is -0.495 e. The van der Waals surface area contributed by atoms with Crippen LogP contribution in [0.4, 0.5) is 0 Å². The van der Waals surface area contributed by atoms with Crippen LogP contribution in [0.15, 0.2) is 48.5 Å². The summed E-state index contributed by atoms with van der Waals surface area (Å²) in [6.07, 6.45) is 4.00. The molecule has 1 N–H and O–H groups in total. The van der Waals surface area contributed by atoms with Gasteiger partial charge in [0.05, 0.1) is 7.11 Å². The lowest BCUT2D eigenvalue weighted by Crippen LogP contribution is -2.13. The number of halogens is 1. The number of methoxy groups -OCH3 is 1. The lowest BCUT2D eigenvalue weighted by atomic mass is 9.93. The third-order valence-electron chi connectivity index (χ3n) is 3.09. The Morgan fingerprint density at radius 3 is 2.85 bits per heavy atom. The van der Waals surface area contributed by atoms with E-state index in [4.69, 9.17) is 16.3 Å². The van der Waals surface area contributed by atoms with Gasteiger partial charge >= 0.3 is 0 Å². The van der Waals surface area contributed by atoms with Gasteiger partial charge in [0.2, 0.25) is 0 Å². The highest BCUT2D eigenvalue weighted by Crippen LogP contribution is 2.32. The number of benzene rings is 1. The Hall–Kier alpha value is -2.00. The van der Waals surface area contributed by atoms with E-state index >= 15 is 0 Å². The zero-order valence-corrected chi connectivity index (χ0v) is 12.3. The summed E-state index contributed by atoms with van der Waals surface area (Å²) < 4.78 is 5.35. The van der Waals surface area contributed by atoms with Gasteiger partial charge in [-0.05, 0) is 29.8 Å². The molecule has 1 heterocycles. The van der Waals surface area contributed by atoms with Crippen LogP contribution in [0.3, 0.4) is 0 Å². The van der Waals surface area contributed by atoms with Gasteiger partial charge in [0.25, 0.3) is 0 Å². The maximum atomic E-state index is 12.1. The molecular formula is C16H16ClNO2. The van der Waals surface area contributed by atoms with Gasteiger partial charge in [0.15, 0.2) is 5.78 Å². The smallest absolute Gasteiger partial charge is 0.163 e. The van der Waals surface area contributed by atoms with Gasteiger partial charge in [0, 0.05) is 34.5 Å². The maximum absolute atomic E-state index is 12.1. The van der Waals surface area contributed by atoms with Crippen molar-refractivity contribution < 1.29 is 9.53 Å². The van der Waals surface area contributed by atoms with Crippen molar-refractivity contribution in [3.05, 3.63) is 64.7 Å². The first-order valence-electron chi connectivity index (χ1n) is 6.31. The van der Waals surface area contributed by atoms with Gasteiger partial charge < -0.3 is 10.1 Å². The Morgan fingerprint density at radius 1 is 1.45 bits per heavy atom. The summed E-state index contributed by atoms with van der Waals surface area (Å²) in [6, 6.07) is 5.25. The Balaban J connectivity index is 2.61. The number of ketones is 1. The lowest BCUT2D eigenvalue weighted by molar-refractivity contribution is 0.0988. The molecule has 0 radical (unpaired) electrons. The third kappa shape index (κ3) is 2.78. The Kier molecular flexibility index (Phi) is 4.30. The molecule has 0 aromatic heterocycles. The van der Waals surface area contributed by atoms with Crippen molar-refractivity contribution in [1.82, 2.24) is 5.32 Å². The Morgan fingerprint density at radius 2 is 2.20 bits per heavy atom. The standard InChI is InChI=1S/C16H16ClNO2/c1-4-15(19)12-6-5-11(17)8-13(12)14-7-10(2)18-9-16(14)20-3/h5-9,18H,2,4H2,1,3H3. The second kappa shape index (κ2) is 5.97. The van der Waals surface area contributed by atoms with E-state index in [0.717, 1.165) is 16.8 Å². The molecular weight excluding hydrogens is 274 g/mol. The van der Waals surface area contributed by atoms with Crippen LogP contribution in [-0.4, -0.2) is 12.9 Å². The van der Waals surface area contributed by atoms with Crippen LogP contribution in [0.5, 0.6) is 0 Å². The van der Waals surface area contributed by atoms with E-state index in [1.807, 2.05) is 13.0 Å². The molecule has 4 heteroatoms. The second-order valence-corrected chi connectivity index (χ2v) is 4.84. The average molecular weight is 290 g/mol. The summed E-state index contributed by atoms with van der Waals surface area (Å²) in [5.74, 6) is 0.710. The number of rotatable bonds is 4. The average Bonchev–Trinajstić information content (AvgIpc) is 2.46. The van der Waals surface area contributed by atoms with Crippen LogP contribution in [0.2, 0.25) is 5.02 Å². The normalized spacial score (nSPS) is 14.2. The fraction of sp³-hybridized carbons (Fsp3) is 0.188. The van der Waals surface area contributed by atoms with E-state index in [1.54, 1.807) is 31.5 Å². The highest BCUT2D eigenvalue weighted by atomic mass is 35.5. The molecule has 1 aromatic carbocycles. The van der Waals surface area contributed by atoms with Gasteiger partial charge in [-0.3, -0.25) is 4.79 Å². The molecule has 0 amide bonds. The molecule has 0 saturated heterocycles. The summed E-state index contributed by atoms with van der Waals surface area (Å²) >= 11 is 6.07. The summed E-state index contributed by atoms with van der Waals surface area (Å²) in [5.41, 5.74) is 2.94. The van der Waals surface area contributed by atoms with Gasteiger partial charge in [-0.2, -0.15) is 0 Å². The molecule has 1 aliphatic rings. The molecule has 0 unspecified atom stereocenters. The Bertz CT molecular complexity index is 629. The zero-order chi connectivity index (χ0) is 14.7. The monoisotopic (exact) mass is 289 g/mol. The minimum atomic E-state index is 0.0668. The predicted molar refractivity (Wildman–Crippen MR) is 81.4 cm³/mol. The number of hydrogen-bond donors (Lipinski definition) is 1. The molecule has 0 saturated carbocycles. The number of dihydropyridines is 1. The van der Waals surface area contributed by atoms with Crippen LogP contribution in [0, 0.1) is 0 Å². The van der Waals surface area contributed by atoms with Crippen molar-refractivity contribution >= 4 is 23.0 Å². The molecule has 0 atom stereocenters. The quantitative estimate of drug-likeness (QED) is 0.854. The molecule has 104 valence electrons. The second-order valence-electron chi connectivity index (χ2n) is 4.41. The number of carbonyl (C=O) groups is 1.